The minimum Gasteiger partial charge on any atom is -0.457 e. The van der Waals surface area contributed by atoms with Crippen molar-refractivity contribution in [3.63, 3.8) is 0 Å². The van der Waals surface area contributed by atoms with Gasteiger partial charge in [-0.25, -0.2) is 4.68 Å². The number of nitrogens with two attached hydrogens (primary N) is 1. The highest BCUT2D eigenvalue weighted by Crippen LogP contribution is 2.21. The molecule has 0 radical (unpaired) electrons. The standard InChI is InChI=1S/C15H13N3O2/c16-14-10-15(19)18(17-14)11-6-8-13(9-7-11)20-12-4-2-1-3-5-12/h1-10,17H,16H2. The number of rotatable bonds is 3. The molecule has 3 N–H and O–H groups in total. The molecule has 100 valence electrons. The zero-order valence-corrected chi connectivity index (χ0v) is 10.6. The second-order valence-corrected chi connectivity index (χ2v) is 4.29. The summed E-state index contributed by atoms with van der Waals surface area (Å²) in [5, 5.41) is 2.77. The van der Waals surface area contributed by atoms with Crippen LogP contribution in [0, 0.1) is 0 Å². The van der Waals surface area contributed by atoms with Gasteiger partial charge in [0.2, 0.25) is 0 Å². The molecular formula is C15H13N3O2. The smallest absolute Gasteiger partial charge is 0.273 e. The van der Waals surface area contributed by atoms with Crippen LogP contribution in [-0.2, 0) is 0 Å². The fraction of sp³-hybridized carbons (Fsp3) is 0. The zero-order valence-electron chi connectivity index (χ0n) is 10.6. The monoisotopic (exact) mass is 267 g/mol. The van der Waals surface area contributed by atoms with E-state index in [0.717, 1.165) is 5.75 Å². The molecule has 0 amide bonds. The SMILES string of the molecule is Nc1cc(=O)n(-c2ccc(Oc3ccccc3)cc2)[nH]1. The summed E-state index contributed by atoms with van der Waals surface area (Å²) >= 11 is 0. The third-order valence-electron chi connectivity index (χ3n) is 2.81. The molecule has 2 aromatic carbocycles. The van der Waals surface area contributed by atoms with Gasteiger partial charge in [-0.15, -0.1) is 0 Å². The maximum atomic E-state index is 11.6. The molecule has 0 unspecified atom stereocenters. The first-order chi connectivity index (χ1) is 9.72. The summed E-state index contributed by atoms with van der Waals surface area (Å²) in [6.07, 6.45) is 0. The molecule has 0 bridgehead atoms. The van der Waals surface area contributed by atoms with Crippen LogP contribution in [0.5, 0.6) is 11.5 Å². The van der Waals surface area contributed by atoms with Crippen LogP contribution in [0.3, 0.4) is 0 Å². The highest BCUT2D eigenvalue weighted by Gasteiger charge is 2.03. The van der Waals surface area contributed by atoms with Crippen LogP contribution >= 0.6 is 0 Å². The van der Waals surface area contributed by atoms with E-state index in [1.165, 1.54) is 10.7 Å². The first kappa shape index (κ1) is 12.1. The van der Waals surface area contributed by atoms with E-state index < -0.39 is 0 Å². The molecule has 3 aromatic rings. The van der Waals surface area contributed by atoms with Gasteiger partial charge in [0.05, 0.1) is 5.69 Å². The molecule has 0 atom stereocenters. The lowest BCUT2D eigenvalue weighted by molar-refractivity contribution is 0.482. The van der Waals surface area contributed by atoms with E-state index in [-0.39, 0.29) is 5.56 Å². The molecule has 20 heavy (non-hydrogen) atoms. The Bertz CT molecular complexity index is 758. The average Bonchev–Trinajstić information content (AvgIpc) is 2.80. The molecule has 0 fully saturated rings. The van der Waals surface area contributed by atoms with Crippen molar-refractivity contribution in [1.82, 2.24) is 9.78 Å². The van der Waals surface area contributed by atoms with Gasteiger partial charge in [0.1, 0.15) is 17.3 Å². The highest BCUT2D eigenvalue weighted by atomic mass is 16.5. The Kier molecular flexibility index (Phi) is 3.01. The van der Waals surface area contributed by atoms with Gasteiger partial charge >= 0.3 is 0 Å². The number of nitrogen functional groups attached to an aromatic ring is 1. The number of nitrogens with zero attached hydrogens (tertiary/aromatic N) is 1. The van der Waals surface area contributed by atoms with E-state index in [1.54, 1.807) is 24.3 Å². The first-order valence-corrected chi connectivity index (χ1v) is 6.13. The summed E-state index contributed by atoms with van der Waals surface area (Å²) in [4.78, 5) is 11.6. The van der Waals surface area contributed by atoms with Gasteiger partial charge in [-0.2, -0.15) is 0 Å². The van der Waals surface area contributed by atoms with Crippen LogP contribution in [-0.4, -0.2) is 9.78 Å². The van der Waals surface area contributed by atoms with Gasteiger partial charge in [-0.1, -0.05) is 18.2 Å². The van der Waals surface area contributed by atoms with Crippen LogP contribution in [0.2, 0.25) is 0 Å². The van der Waals surface area contributed by atoms with Gasteiger partial charge in [-0.3, -0.25) is 9.89 Å². The van der Waals surface area contributed by atoms with E-state index >= 15 is 0 Å². The molecule has 0 aliphatic rings. The first-order valence-electron chi connectivity index (χ1n) is 6.13. The van der Waals surface area contributed by atoms with Crippen LogP contribution in [0.15, 0.2) is 65.5 Å². The summed E-state index contributed by atoms with van der Waals surface area (Å²) in [6.45, 7) is 0. The number of anilines is 1. The van der Waals surface area contributed by atoms with Crippen molar-refractivity contribution in [2.45, 2.75) is 0 Å². The molecular weight excluding hydrogens is 254 g/mol. The quantitative estimate of drug-likeness (QED) is 0.766. The Balaban J connectivity index is 1.85. The number of aromatic amines is 1. The molecule has 0 aliphatic heterocycles. The Hall–Kier alpha value is -2.95. The van der Waals surface area contributed by atoms with Crippen molar-refractivity contribution < 1.29 is 4.74 Å². The van der Waals surface area contributed by atoms with Crippen molar-refractivity contribution in [3.8, 4) is 17.2 Å². The lowest BCUT2D eigenvalue weighted by Crippen LogP contribution is -2.13. The predicted octanol–water partition coefficient (Wildman–Crippen LogP) is 2.54. The Labute approximate surface area is 115 Å². The number of para-hydroxylation sites is 1. The summed E-state index contributed by atoms with van der Waals surface area (Å²) in [7, 11) is 0. The normalized spacial score (nSPS) is 10.4. The third kappa shape index (κ3) is 2.42. The number of H-pyrrole nitrogens is 1. The van der Waals surface area contributed by atoms with Gasteiger partial charge < -0.3 is 10.5 Å². The van der Waals surface area contributed by atoms with E-state index in [0.29, 0.717) is 17.3 Å². The lowest BCUT2D eigenvalue weighted by Gasteiger charge is -2.06. The Morgan fingerprint density at radius 2 is 1.60 bits per heavy atom. The summed E-state index contributed by atoms with van der Waals surface area (Å²) < 4.78 is 7.06. The number of nitrogens with one attached hydrogen (secondary N) is 1. The van der Waals surface area contributed by atoms with Crippen molar-refractivity contribution in [2.75, 3.05) is 5.73 Å². The molecule has 0 aliphatic carbocycles. The van der Waals surface area contributed by atoms with Crippen molar-refractivity contribution in [3.05, 3.63) is 71.0 Å². The number of hydrogen-bond acceptors (Lipinski definition) is 3. The lowest BCUT2D eigenvalue weighted by atomic mass is 10.3. The van der Waals surface area contributed by atoms with Crippen molar-refractivity contribution >= 4 is 5.82 Å². The fourth-order valence-electron chi connectivity index (χ4n) is 1.89. The van der Waals surface area contributed by atoms with Gasteiger partial charge in [-0.05, 0) is 36.4 Å². The Morgan fingerprint density at radius 3 is 2.20 bits per heavy atom. The number of benzene rings is 2. The third-order valence-corrected chi connectivity index (χ3v) is 2.81. The van der Waals surface area contributed by atoms with Gasteiger partial charge in [0.25, 0.3) is 5.56 Å². The van der Waals surface area contributed by atoms with Crippen LogP contribution in [0.1, 0.15) is 0 Å². The molecule has 1 aromatic heterocycles. The van der Waals surface area contributed by atoms with Crippen LogP contribution in [0.25, 0.3) is 5.69 Å². The van der Waals surface area contributed by atoms with E-state index in [9.17, 15) is 4.79 Å². The minimum absolute atomic E-state index is 0.195. The second kappa shape index (κ2) is 4.97. The number of ether oxygens (including phenoxy) is 1. The van der Waals surface area contributed by atoms with Gasteiger partial charge in [0, 0.05) is 6.07 Å². The fourth-order valence-corrected chi connectivity index (χ4v) is 1.89. The van der Waals surface area contributed by atoms with Crippen molar-refractivity contribution in [1.29, 1.82) is 0 Å². The molecule has 5 heteroatoms. The number of aromatic nitrogens is 2. The molecule has 0 saturated carbocycles. The van der Waals surface area contributed by atoms with E-state index in [1.807, 2.05) is 30.3 Å². The van der Waals surface area contributed by atoms with Gasteiger partial charge in [0.15, 0.2) is 0 Å². The largest absolute Gasteiger partial charge is 0.457 e. The molecule has 3 rings (SSSR count). The zero-order chi connectivity index (χ0) is 13.9. The van der Waals surface area contributed by atoms with Crippen LogP contribution < -0.4 is 16.0 Å². The Morgan fingerprint density at radius 1 is 0.950 bits per heavy atom. The van der Waals surface area contributed by atoms with Crippen LogP contribution in [0.4, 0.5) is 5.82 Å². The minimum atomic E-state index is -0.195. The highest BCUT2D eigenvalue weighted by molar-refractivity contribution is 5.40. The number of hydrogen-bond donors (Lipinski definition) is 2. The predicted molar refractivity (Wildman–Crippen MR) is 77.3 cm³/mol. The summed E-state index contributed by atoms with van der Waals surface area (Å²) in [6, 6.07) is 18.0. The molecule has 5 nitrogen and oxygen atoms in total. The average molecular weight is 267 g/mol. The maximum absolute atomic E-state index is 11.6. The molecule has 1 heterocycles. The summed E-state index contributed by atoms with van der Waals surface area (Å²) in [5.74, 6) is 1.80. The van der Waals surface area contributed by atoms with E-state index in [4.69, 9.17) is 10.5 Å². The molecule has 0 spiro atoms. The second-order valence-electron chi connectivity index (χ2n) is 4.29. The molecule has 0 saturated heterocycles. The maximum Gasteiger partial charge on any atom is 0.273 e. The topological polar surface area (TPSA) is 73.0 Å². The van der Waals surface area contributed by atoms with E-state index in [2.05, 4.69) is 5.10 Å². The van der Waals surface area contributed by atoms with Crippen molar-refractivity contribution in [2.24, 2.45) is 0 Å². The summed E-state index contributed by atoms with van der Waals surface area (Å²) in [5.41, 5.74) is 6.05.